The van der Waals surface area contributed by atoms with Crippen LogP contribution in [-0.4, -0.2) is 20.5 Å². The molecule has 124 valence electrons. The molecular formula is C17H11ClN4OS2. The Balaban J connectivity index is 1.48. The number of aromatic nitrogens is 3. The fourth-order valence-corrected chi connectivity index (χ4v) is 3.94. The van der Waals surface area contributed by atoms with Gasteiger partial charge < -0.3 is 0 Å². The predicted molar refractivity (Wildman–Crippen MR) is 102 cm³/mol. The van der Waals surface area contributed by atoms with Crippen molar-refractivity contribution in [1.29, 1.82) is 0 Å². The zero-order chi connectivity index (χ0) is 17.2. The number of hydrogen-bond acceptors (Lipinski definition) is 6. The Morgan fingerprint density at radius 1 is 1.20 bits per heavy atom. The average Bonchev–Trinajstić information content (AvgIpc) is 3.25. The maximum Gasteiger partial charge on any atom is 0.257 e. The van der Waals surface area contributed by atoms with Crippen LogP contribution < -0.4 is 5.32 Å². The van der Waals surface area contributed by atoms with Gasteiger partial charge in [0.05, 0.1) is 4.70 Å². The lowest BCUT2D eigenvalue weighted by Gasteiger charge is -2.02. The summed E-state index contributed by atoms with van der Waals surface area (Å²) in [4.78, 5) is 17.7. The second-order valence-corrected chi connectivity index (χ2v) is 7.62. The Hall–Kier alpha value is -2.35. The van der Waals surface area contributed by atoms with Crippen molar-refractivity contribution in [3.05, 3.63) is 69.7 Å². The van der Waals surface area contributed by atoms with Crippen molar-refractivity contribution < 1.29 is 4.79 Å². The van der Waals surface area contributed by atoms with E-state index in [4.69, 9.17) is 11.6 Å². The van der Waals surface area contributed by atoms with Crippen LogP contribution in [0.3, 0.4) is 0 Å². The van der Waals surface area contributed by atoms with E-state index in [1.54, 1.807) is 18.3 Å². The molecule has 0 unspecified atom stereocenters. The molecule has 5 nitrogen and oxygen atoms in total. The van der Waals surface area contributed by atoms with Gasteiger partial charge in [0.1, 0.15) is 5.52 Å². The third-order valence-corrected chi connectivity index (χ3v) is 5.59. The molecule has 2 aromatic carbocycles. The minimum absolute atomic E-state index is 0.214. The van der Waals surface area contributed by atoms with Gasteiger partial charge in [0.25, 0.3) is 5.91 Å². The van der Waals surface area contributed by atoms with Crippen LogP contribution in [0.15, 0.2) is 48.7 Å². The van der Waals surface area contributed by atoms with Gasteiger partial charge in [0.2, 0.25) is 0 Å². The van der Waals surface area contributed by atoms with E-state index >= 15 is 0 Å². The Morgan fingerprint density at radius 3 is 2.96 bits per heavy atom. The molecule has 0 fully saturated rings. The van der Waals surface area contributed by atoms with Crippen molar-refractivity contribution in [2.75, 3.05) is 5.32 Å². The summed E-state index contributed by atoms with van der Waals surface area (Å²) >= 11 is 8.93. The van der Waals surface area contributed by atoms with E-state index < -0.39 is 0 Å². The summed E-state index contributed by atoms with van der Waals surface area (Å²) in [7, 11) is 0. The van der Waals surface area contributed by atoms with Crippen LogP contribution in [-0.2, 0) is 6.42 Å². The minimum atomic E-state index is -0.214. The van der Waals surface area contributed by atoms with Crippen molar-refractivity contribution in [3.63, 3.8) is 0 Å². The SMILES string of the molecule is O=C(Nc1ncc(Cc2ccccc2Cl)s1)c1ccc2snnc2c1. The molecule has 1 N–H and O–H groups in total. The molecule has 0 atom stereocenters. The van der Waals surface area contributed by atoms with Gasteiger partial charge in [-0.25, -0.2) is 4.98 Å². The van der Waals surface area contributed by atoms with Gasteiger partial charge in [-0.15, -0.1) is 16.4 Å². The molecule has 0 aliphatic rings. The van der Waals surface area contributed by atoms with Crippen LogP contribution >= 0.6 is 34.5 Å². The van der Waals surface area contributed by atoms with Crippen LogP contribution in [0.25, 0.3) is 10.2 Å². The first-order chi connectivity index (χ1) is 12.2. The number of nitrogens with one attached hydrogen (secondary N) is 1. The molecule has 0 aliphatic carbocycles. The highest BCUT2D eigenvalue weighted by molar-refractivity contribution is 7.15. The fraction of sp³-hybridized carbons (Fsp3) is 0.0588. The van der Waals surface area contributed by atoms with E-state index in [2.05, 4.69) is 19.9 Å². The lowest BCUT2D eigenvalue weighted by molar-refractivity contribution is 0.102. The maximum absolute atomic E-state index is 12.4. The Morgan fingerprint density at radius 2 is 2.08 bits per heavy atom. The zero-order valence-corrected chi connectivity index (χ0v) is 15.2. The molecule has 2 aromatic heterocycles. The molecule has 0 bridgehead atoms. The highest BCUT2D eigenvalue weighted by atomic mass is 35.5. The summed E-state index contributed by atoms with van der Waals surface area (Å²) < 4.78 is 4.83. The molecule has 0 aliphatic heterocycles. The molecule has 1 amide bonds. The first-order valence-electron chi connectivity index (χ1n) is 7.40. The number of thiazole rings is 1. The number of amides is 1. The summed E-state index contributed by atoms with van der Waals surface area (Å²) in [6.45, 7) is 0. The van der Waals surface area contributed by atoms with E-state index in [-0.39, 0.29) is 5.91 Å². The molecule has 4 aromatic rings. The van der Waals surface area contributed by atoms with Gasteiger partial charge >= 0.3 is 0 Å². The van der Waals surface area contributed by atoms with Crippen LogP contribution in [0.2, 0.25) is 5.02 Å². The Bertz CT molecular complexity index is 1060. The zero-order valence-electron chi connectivity index (χ0n) is 12.8. The van der Waals surface area contributed by atoms with Crippen molar-refractivity contribution in [3.8, 4) is 0 Å². The van der Waals surface area contributed by atoms with Crippen LogP contribution in [0, 0.1) is 0 Å². The van der Waals surface area contributed by atoms with E-state index in [0.29, 0.717) is 17.1 Å². The maximum atomic E-state index is 12.4. The number of anilines is 1. The van der Waals surface area contributed by atoms with Gasteiger partial charge in [0, 0.05) is 28.1 Å². The molecular weight excluding hydrogens is 376 g/mol. The molecule has 0 saturated carbocycles. The number of hydrogen-bond donors (Lipinski definition) is 1. The molecule has 25 heavy (non-hydrogen) atoms. The van der Waals surface area contributed by atoms with Crippen molar-refractivity contribution >= 4 is 55.7 Å². The summed E-state index contributed by atoms with van der Waals surface area (Å²) in [5.41, 5.74) is 2.28. The minimum Gasteiger partial charge on any atom is -0.298 e. The summed E-state index contributed by atoms with van der Waals surface area (Å²) in [5.74, 6) is -0.214. The first kappa shape index (κ1) is 16.1. The second-order valence-electron chi connectivity index (χ2n) is 5.31. The largest absolute Gasteiger partial charge is 0.298 e. The summed E-state index contributed by atoms with van der Waals surface area (Å²) in [6, 6.07) is 13.0. The fourth-order valence-electron chi connectivity index (χ4n) is 2.37. The van der Waals surface area contributed by atoms with Crippen molar-refractivity contribution in [2.24, 2.45) is 0 Å². The first-order valence-corrected chi connectivity index (χ1v) is 9.37. The molecule has 8 heteroatoms. The van der Waals surface area contributed by atoms with Crippen LogP contribution in [0.5, 0.6) is 0 Å². The van der Waals surface area contributed by atoms with Gasteiger partial charge in [-0.1, -0.05) is 34.3 Å². The highest BCUT2D eigenvalue weighted by Crippen LogP contribution is 2.25. The quantitative estimate of drug-likeness (QED) is 0.554. The monoisotopic (exact) mass is 386 g/mol. The van der Waals surface area contributed by atoms with E-state index in [9.17, 15) is 4.79 Å². The van der Waals surface area contributed by atoms with Gasteiger partial charge in [-0.05, 0) is 41.4 Å². The van der Waals surface area contributed by atoms with Gasteiger partial charge in [-0.3, -0.25) is 10.1 Å². The number of rotatable bonds is 4. The number of carbonyl (C=O) groups is 1. The van der Waals surface area contributed by atoms with E-state index in [1.165, 1.54) is 22.9 Å². The molecule has 0 spiro atoms. The van der Waals surface area contributed by atoms with Gasteiger partial charge in [0.15, 0.2) is 5.13 Å². The highest BCUT2D eigenvalue weighted by Gasteiger charge is 2.11. The van der Waals surface area contributed by atoms with E-state index in [1.807, 2.05) is 30.3 Å². The molecule has 2 heterocycles. The molecule has 4 rings (SSSR count). The number of halogens is 1. The van der Waals surface area contributed by atoms with Crippen LogP contribution in [0.4, 0.5) is 5.13 Å². The lowest BCUT2D eigenvalue weighted by Crippen LogP contribution is -2.11. The number of benzene rings is 2. The van der Waals surface area contributed by atoms with E-state index in [0.717, 1.165) is 25.7 Å². The summed E-state index contributed by atoms with van der Waals surface area (Å²) in [6.07, 6.45) is 2.45. The van der Waals surface area contributed by atoms with Gasteiger partial charge in [-0.2, -0.15) is 0 Å². The number of fused-ring (bicyclic) bond motifs is 1. The van der Waals surface area contributed by atoms with Crippen LogP contribution in [0.1, 0.15) is 20.8 Å². The Labute approximate surface area is 156 Å². The predicted octanol–water partition coefficient (Wildman–Crippen LogP) is 4.64. The van der Waals surface area contributed by atoms with Crippen molar-refractivity contribution in [2.45, 2.75) is 6.42 Å². The normalized spacial score (nSPS) is 10.9. The smallest absolute Gasteiger partial charge is 0.257 e. The molecule has 0 saturated heterocycles. The number of nitrogens with zero attached hydrogens (tertiary/aromatic N) is 3. The third kappa shape index (κ3) is 3.53. The topological polar surface area (TPSA) is 67.8 Å². The second kappa shape index (κ2) is 6.87. The third-order valence-electron chi connectivity index (χ3n) is 3.61. The number of carbonyl (C=O) groups excluding carboxylic acids is 1. The standard InChI is InChI=1S/C17H11ClN4OS2/c18-13-4-2-1-3-10(13)7-12-9-19-17(24-12)20-16(23)11-5-6-15-14(8-11)21-22-25-15/h1-6,8-9H,7H2,(H,19,20,23). The lowest BCUT2D eigenvalue weighted by atomic mass is 10.1. The van der Waals surface area contributed by atoms with Crippen molar-refractivity contribution in [1.82, 2.24) is 14.6 Å². The Kier molecular flexibility index (Phi) is 4.44. The molecule has 0 radical (unpaired) electrons. The summed E-state index contributed by atoms with van der Waals surface area (Å²) in [5, 5.41) is 8.10. The average molecular weight is 387 g/mol.